The average molecular weight is 266 g/mol. The third-order valence-electron chi connectivity index (χ3n) is 3.81. The van der Waals surface area contributed by atoms with Crippen LogP contribution in [0.25, 0.3) is 0 Å². The molecule has 0 aliphatic carbocycles. The van der Waals surface area contributed by atoms with E-state index in [2.05, 4.69) is 10.6 Å². The van der Waals surface area contributed by atoms with E-state index in [-0.39, 0.29) is 17.9 Å². The van der Waals surface area contributed by atoms with Gasteiger partial charge in [0.2, 0.25) is 5.91 Å². The van der Waals surface area contributed by atoms with Gasteiger partial charge >= 0.3 is 0 Å². The van der Waals surface area contributed by atoms with Gasteiger partial charge in [0.15, 0.2) is 0 Å². The minimum atomic E-state index is -0.0997. The maximum absolute atomic E-state index is 12.4. The number of benzene rings is 2. The van der Waals surface area contributed by atoms with Crippen LogP contribution in [-0.4, -0.2) is 12.5 Å². The van der Waals surface area contributed by atoms with Crippen LogP contribution in [0.3, 0.4) is 0 Å². The first-order valence-corrected chi connectivity index (χ1v) is 6.94. The fraction of sp³-hybridized carbons (Fsp3) is 0.235. The molecule has 3 rings (SSSR count). The smallest absolute Gasteiger partial charge is 0.229 e. The summed E-state index contributed by atoms with van der Waals surface area (Å²) in [7, 11) is 0. The standard InChI is InChI=1S/C17H18N2O/c1-12(13-7-3-2-4-8-13)19-17(20)15-11-18-16-10-6-5-9-14(15)16/h2-10,12,15,18H,11H2,1H3,(H,19,20). The van der Waals surface area contributed by atoms with E-state index in [1.54, 1.807) is 0 Å². The predicted octanol–water partition coefficient (Wildman–Crippen LogP) is 3.07. The molecule has 0 spiro atoms. The van der Waals surface area contributed by atoms with Crippen molar-refractivity contribution in [2.75, 3.05) is 11.9 Å². The van der Waals surface area contributed by atoms with Crippen LogP contribution in [0, 0.1) is 0 Å². The number of carbonyl (C=O) groups excluding carboxylic acids is 1. The summed E-state index contributed by atoms with van der Waals surface area (Å²) in [5.74, 6) is -0.0174. The van der Waals surface area contributed by atoms with Crippen molar-refractivity contribution in [2.24, 2.45) is 0 Å². The predicted molar refractivity (Wildman–Crippen MR) is 80.7 cm³/mol. The van der Waals surface area contributed by atoms with Gasteiger partial charge in [0, 0.05) is 12.2 Å². The Morgan fingerprint density at radius 1 is 1.15 bits per heavy atom. The van der Waals surface area contributed by atoms with Crippen LogP contribution in [-0.2, 0) is 4.79 Å². The van der Waals surface area contributed by atoms with E-state index in [1.165, 1.54) is 0 Å². The third-order valence-corrected chi connectivity index (χ3v) is 3.81. The number of hydrogen-bond donors (Lipinski definition) is 2. The lowest BCUT2D eigenvalue weighted by Gasteiger charge is -2.17. The molecule has 20 heavy (non-hydrogen) atoms. The van der Waals surface area contributed by atoms with Crippen molar-refractivity contribution in [2.45, 2.75) is 18.9 Å². The molecule has 102 valence electrons. The maximum atomic E-state index is 12.4. The first-order valence-electron chi connectivity index (χ1n) is 6.94. The second-order valence-corrected chi connectivity index (χ2v) is 5.16. The van der Waals surface area contributed by atoms with Crippen LogP contribution >= 0.6 is 0 Å². The molecular weight excluding hydrogens is 248 g/mol. The molecule has 2 aromatic rings. The van der Waals surface area contributed by atoms with Crippen LogP contribution in [0.2, 0.25) is 0 Å². The van der Waals surface area contributed by atoms with Crippen LogP contribution in [0.1, 0.15) is 30.0 Å². The van der Waals surface area contributed by atoms with Gasteiger partial charge in [0.25, 0.3) is 0 Å². The molecule has 2 atom stereocenters. The molecule has 3 nitrogen and oxygen atoms in total. The van der Waals surface area contributed by atoms with E-state index in [4.69, 9.17) is 0 Å². The highest BCUT2D eigenvalue weighted by Crippen LogP contribution is 2.31. The van der Waals surface area contributed by atoms with Gasteiger partial charge in [-0.15, -0.1) is 0 Å². The van der Waals surface area contributed by atoms with Crippen molar-refractivity contribution in [1.82, 2.24) is 5.32 Å². The van der Waals surface area contributed by atoms with Crippen molar-refractivity contribution in [1.29, 1.82) is 0 Å². The highest BCUT2D eigenvalue weighted by Gasteiger charge is 2.28. The average Bonchev–Trinajstić information content (AvgIpc) is 2.92. The Morgan fingerprint density at radius 3 is 2.65 bits per heavy atom. The lowest BCUT2D eigenvalue weighted by molar-refractivity contribution is -0.122. The second kappa shape index (κ2) is 5.37. The molecule has 0 bridgehead atoms. The van der Waals surface area contributed by atoms with E-state index < -0.39 is 0 Å². The number of rotatable bonds is 3. The molecule has 1 aliphatic rings. The van der Waals surface area contributed by atoms with Gasteiger partial charge in [0.05, 0.1) is 12.0 Å². The summed E-state index contributed by atoms with van der Waals surface area (Å²) in [6.45, 7) is 2.69. The fourth-order valence-corrected chi connectivity index (χ4v) is 2.66. The molecule has 0 saturated heterocycles. The number of carbonyl (C=O) groups is 1. The largest absolute Gasteiger partial charge is 0.384 e. The van der Waals surface area contributed by atoms with E-state index in [0.29, 0.717) is 6.54 Å². The Labute approximate surface area is 119 Å². The second-order valence-electron chi connectivity index (χ2n) is 5.16. The molecule has 1 aliphatic heterocycles. The van der Waals surface area contributed by atoms with Crippen LogP contribution < -0.4 is 10.6 Å². The number of anilines is 1. The summed E-state index contributed by atoms with van der Waals surface area (Å²) in [4.78, 5) is 12.4. The lowest BCUT2D eigenvalue weighted by atomic mass is 9.99. The molecule has 1 heterocycles. The minimum absolute atomic E-state index is 0.0245. The van der Waals surface area contributed by atoms with Gasteiger partial charge in [-0.05, 0) is 24.1 Å². The zero-order chi connectivity index (χ0) is 13.9. The molecular formula is C17H18N2O. The summed E-state index contributed by atoms with van der Waals surface area (Å²) < 4.78 is 0. The molecule has 2 aromatic carbocycles. The Balaban J connectivity index is 1.72. The maximum Gasteiger partial charge on any atom is 0.229 e. The van der Waals surface area contributed by atoms with Gasteiger partial charge in [-0.25, -0.2) is 0 Å². The first kappa shape index (κ1) is 12.7. The van der Waals surface area contributed by atoms with Crippen LogP contribution in [0.15, 0.2) is 54.6 Å². The Hall–Kier alpha value is -2.29. The molecule has 2 unspecified atom stereocenters. The summed E-state index contributed by atoms with van der Waals surface area (Å²) in [5, 5.41) is 6.38. The van der Waals surface area contributed by atoms with Gasteiger partial charge in [0.1, 0.15) is 0 Å². The SMILES string of the molecule is CC(NC(=O)C1CNc2ccccc21)c1ccccc1. The number of fused-ring (bicyclic) bond motifs is 1. The number of nitrogens with one attached hydrogen (secondary N) is 2. The zero-order valence-corrected chi connectivity index (χ0v) is 11.5. The van der Waals surface area contributed by atoms with Gasteiger partial charge < -0.3 is 10.6 Å². The zero-order valence-electron chi connectivity index (χ0n) is 11.5. The molecule has 0 fully saturated rings. The monoisotopic (exact) mass is 266 g/mol. The quantitative estimate of drug-likeness (QED) is 0.896. The van der Waals surface area contributed by atoms with Crippen molar-refractivity contribution in [3.05, 3.63) is 65.7 Å². The van der Waals surface area contributed by atoms with Crippen molar-refractivity contribution in [3.63, 3.8) is 0 Å². The van der Waals surface area contributed by atoms with E-state index in [9.17, 15) is 4.79 Å². The van der Waals surface area contributed by atoms with E-state index in [0.717, 1.165) is 16.8 Å². The van der Waals surface area contributed by atoms with Crippen molar-refractivity contribution < 1.29 is 4.79 Å². The number of para-hydroxylation sites is 1. The fourth-order valence-electron chi connectivity index (χ4n) is 2.66. The normalized spacial score (nSPS) is 17.9. The molecule has 3 heteroatoms. The van der Waals surface area contributed by atoms with Gasteiger partial charge in [-0.2, -0.15) is 0 Å². The molecule has 0 radical (unpaired) electrons. The number of amides is 1. The third kappa shape index (κ3) is 2.39. The summed E-state index contributed by atoms with van der Waals surface area (Å²) in [6.07, 6.45) is 0. The topological polar surface area (TPSA) is 41.1 Å². The van der Waals surface area contributed by atoms with E-state index in [1.807, 2.05) is 61.5 Å². The molecule has 0 aromatic heterocycles. The highest BCUT2D eigenvalue weighted by atomic mass is 16.2. The number of hydrogen-bond acceptors (Lipinski definition) is 2. The van der Waals surface area contributed by atoms with E-state index >= 15 is 0 Å². The summed E-state index contributed by atoms with van der Waals surface area (Å²) in [5.41, 5.74) is 3.28. The first-order chi connectivity index (χ1) is 9.75. The van der Waals surface area contributed by atoms with Crippen LogP contribution in [0.5, 0.6) is 0 Å². The Bertz CT molecular complexity index is 609. The van der Waals surface area contributed by atoms with Gasteiger partial charge in [-0.3, -0.25) is 4.79 Å². The minimum Gasteiger partial charge on any atom is -0.384 e. The molecule has 1 amide bonds. The molecule has 2 N–H and O–H groups in total. The Morgan fingerprint density at radius 2 is 1.85 bits per heavy atom. The summed E-state index contributed by atoms with van der Waals surface area (Å²) >= 11 is 0. The highest BCUT2D eigenvalue weighted by molar-refractivity contribution is 5.88. The Kier molecular flexibility index (Phi) is 3.42. The summed E-state index contributed by atoms with van der Waals surface area (Å²) in [6, 6.07) is 18.1. The lowest BCUT2D eigenvalue weighted by Crippen LogP contribution is -2.32. The van der Waals surface area contributed by atoms with Crippen LogP contribution in [0.4, 0.5) is 5.69 Å². The van der Waals surface area contributed by atoms with Crippen molar-refractivity contribution >= 4 is 11.6 Å². The van der Waals surface area contributed by atoms with Crippen molar-refractivity contribution in [3.8, 4) is 0 Å². The molecule has 0 saturated carbocycles. The van der Waals surface area contributed by atoms with Gasteiger partial charge in [-0.1, -0.05) is 48.5 Å².